The molecule has 0 amide bonds. The van der Waals surface area contributed by atoms with E-state index in [-0.39, 0.29) is 23.0 Å². The molecule has 5 heteroatoms. The largest absolute Gasteiger partial charge is 1.00 e. The Morgan fingerprint density at radius 2 is 1.70 bits per heavy atom. The molecule has 0 spiro atoms. The summed E-state index contributed by atoms with van der Waals surface area (Å²) >= 11 is 6.34. The van der Waals surface area contributed by atoms with Gasteiger partial charge in [-0.05, 0) is 68.9 Å². The molecule has 0 N–H and O–H groups in total. The molecular formula is C25H33BrClNO2. The molecule has 1 heterocycles. The zero-order valence-corrected chi connectivity index (χ0v) is 20.6. The van der Waals surface area contributed by atoms with E-state index in [9.17, 15) is 4.79 Å². The summed E-state index contributed by atoms with van der Waals surface area (Å²) in [5, 5.41) is 0.761. The van der Waals surface area contributed by atoms with Crippen molar-refractivity contribution in [1.82, 2.24) is 0 Å². The number of hydrogen-bond acceptors (Lipinski definition) is 2. The van der Waals surface area contributed by atoms with E-state index in [1.807, 2.05) is 32.9 Å². The number of halogens is 2. The number of ether oxygens (including phenoxy) is 1. The van der Waals surface area contributed by atoms with Crippen molar-refractivity contribution in [2.24, 2.45) is 0 Å². The SMILES string of the molecule is CC(C)(C)OC(=O)C[N+]1(CCc2cc(Cl)ccc2-c2ccccc2)CCCCC1.[Br-]. The van der Waals surface area contributed by atoms with Crippen molar-refractivity contribution in [2.45, 2.75) is 52.1 Å². The second-order valence-electron chi connectivity index (χ2n) is 9.24. The fraction of sp³-hybridized carbons (Fsp3) is 0.480. The first kappa shape index (κ1) is 24.9. The molecule has 0 unspecified atom stereocenters. The minimum atomic E-state index is -0.440. The number of piperidine rings is 1. The smallest absolute Gasteiger partial charge is 0.362 e. The second-order valence-corrected chi connectivity index (χ2v) is 9.67. The molecule has 1 saturated heterocycles. The van der Waals surface area contributed by atoms with Crippen molar-refractivity contribution in [1.29, 1.82) is 0 Å². The summed E-state index contributed by atoms with van der Waals surface area (Å²) in [6, 6.07) is 16.6. The molecule has 164 valence electrons. The van der Waals surface area contributed by atoms with E-state index in [1.165, 1.54) is 36.0 Å². The number of hydrogen-bond donors (Lipinski definition) is 0. The molecule has 3 nitrogen and oxygen atoms in total. The lowest BCUT2D eigenvalue weighted by Crippen LogP contribution is -3.00. The molecule has 2 aromatic rings. The molecule has 1 aliphatic rings. The maximum Gasteiger partial charge on any atom is 0.362 e. The standard InChI is InChI=1S/C25H33ClNO2.BrH/c1-25(2,3)29-24(28)19-27(15-8-5-9-16-27)17-14-21-18-22(26)12-13-23(21)20-10-6-4-7-11-20;/h4,6-7,10-13,18H,5,8-9,14-17,19H2,1-3H3;1H/q+1;/p-1. The van der Waals surface area contributed by atoms with Gasteiger partial charge in [-0.1, -0.05) is 48.0 Å². The Hall–Kier alpha value is -1.36. The number of carbonyl (C=O) groups excluding carboxylic acids is 1. The van der Waals surface area contributed by atoms with Gasteiger partial charge in [0, 0.05) is 11.4 Å². The van der Waals surface area contributed by atoms with Crippen molar-refractivity contribution in [3.8, 4) is 11.1 Å². The van der Waals surface area contributed by atoms with E-state index in [2.05, 4.69) is 36.4 Å². The third kappa shape index (κ3) is 7.11. The van der Waals surface area contributed by atoms with Gasteiger partial charge in [0.15, 0.2) is 6.54 Å². The van der Waals surface area contributed by atoms with Crippen LogP contribution in [0.3, 0.4) is 0 Å². The number of benzene rings is 2. The molecule has 2 aromatic carbocycles. The molecule has 1 fully saturated rings. The van der Waals surface area contributed by atoms with Crippen LogP contribution >= 0.6 is 11.6 Å². The van der Waals surface area contributed by atoms with Crippen molar-refractivity contribution in [2.75, 3.05) is 26.2 Å². The highest BCUT2D eigenvalue weighted by Crippen LogP contribution is 2.29. The quantitative estimate of drug-likeness (QED) is 0.456. The average Bonchev–Trinajstić information content (AvgIpc) is 2.66. The highest BCUT2D eigenvalue weighted by atomic mass is 79.9. The first-order valence-corrected chi connectivity index (χ1v) is 11.1. The van der Waals surface area contributed by atoms with Gasteiger partial charge in [0.1, 0.15) is 5.60 Å². The number of carbonyl (C=O) groups is 1. The van der Waals surface area contributed by atoms with Crippen LogP contribution in [0.25, 0.3) is 11.1 Å². The summed E-state index contributed by atoms with van der Waals surface area (Å²) in [7, 11) is 0. The highest BCUT2D eigenvalue weighted by Gasteiger charge is 2.34. The van der Waals surface area contributed by atoms with Gasteiger partial charge in [-0.3, -0.25) is 0 Å². The Morgan fingerprint density at radius 1 is 1.03 bits per heavy atom. The van der Waals surface area contributed by atoms with E-state index >= 15 is 0 Å². The Balaban J connectivity index is 0.00000320. The molecule has 0 saturated carbocycles. The van der Waals surface area contributed by atoms with Gasteiger partial charge >= 0.3 is 5.97 Å². The van der Waals surface area contributed by atoms with E-state index in [4.69, 9.17) is 16.3 Å². The van der Waals surface area contributed by atoms with Crippen LogP contribution < -0.4 is 17.0 Å². The molecule has 0 bridgehead atoms. The third-order valence-electron chi connectivity index (χ3n) is 5.66. The number of rotatable bonds is 6. The molecule has 0 atom stereocenters. The number of likely N-dealkylation sites (tertiary alicyclic amines) is 1. The third-order valence-corrected chi connectivity index (χ3v) is 5.89. The van der Waals surface area contributed by atoms with Crippen LogP contribution in [-0.2, 0) is 16.0 Å². The first-order valence-electron chi connectivity index (χ1n) is 10.7. The Kier molecular flexibility index (Phi) is 8.96. The van der Waals surface area contributed by atoms with Crippen LogP contribution in [0.15, 0.2) is 48.5 Å². The molecule has 0 radical (unpaired) electrons. The summed E-state index contributed by atoms with van der Waals surface area (Å²) < 4.78 is 6.47. The number of quaternary nitrogens is 1. The van der Waals surface area contributed by atoms with Crippen molar-refractivity contribution >= 4 is 17.6 Å². The lowest BCUT2D eigenvalue weighted by atomic mass is 9.96. The zero-order valence-electron chi connectivity index (χ0n) is 18.3. The van der Waals surface area contributed by atoms with E-state index < -0.39 is 5.60 Å². The topological polar surface area (TPSA) is 26.3 Å². The van der Waals surface area contributed by atoms with Crippen molar-refractivity contribution in [3.05, 3.63) is 59.1 Å². The van der Waals surface area contributed by atoms with E-state index in [0.717, 1.165) is 35.6 Å². The van der Waals surface area contributed by atoms with Crippen molar-refractivity contribution in [3.63, 3.8) is 0 Å². The van der Waals surface area contributed by atoms with Gasteiger partial charge in [0.05, 0.1) is 19.6 Å². The lowest BCUT2D eigenvalue weighted by molar-refractivity contribution is -0.925. The fourth-order valence-corrected chi connectivity index (χ4v) is 4.51. The number of esters is 1. The molecule has 0 aromatic heterocycles. The predicted molar refractivity (Wildman–Crippen MR) is 120 cm³/mol. The van der Waals surface area contributed by atoms with Gasteiger partial charge in [0.25, 0.3) is 0 Å². The van der Waals surface area contributed by atoms with Crippen LogP contribution in [0.1, 0.15) is 45.6 Å². The van der Waals surface area contributed by atoms with Crippen LogP contribution in [0.5, 0.6) is 0 Å². The maximum absolute atomic E-state index is 12.6. The maximum atomic E-state index is 12.6. The Bertz CT molecular complexity index is 827. The first-order chi connectivity index (χ1) is 13.8. The average molecular weight is 495 g/mol. The van der Waals surface area contributed by atoms with Crippen LogP contribution in [-0.4, -0.2) is 42.2 Å². The minimum absolute atomic E-state index is 0. The van der Waals surface area contributed by atoms with Crippen molar-refractivity contribution < 1.29 is 31.0 Å². The monoisotopic (exact) mass is 493 g/mol. The zero-order chi connectivity index (χ0) is 20.9. The van der Waals surface area contributed by atoms with Gasteiger partial charge in [-0.25, -0.2) is 4.79 Å². The normalized spacial score (nSPS) is 15.9. The molecule has 0 aliphatic carbocycles. The highest BCUT2D eigenvalue weighted by molar-refractivity contribution is 6.30. The van der Waals surface area contributed by atoms with Gasteiger partial charge in [-0.15, -0.1) is 0 Å². The molecule has 30 heavy (non-hydrogen) atoms. The molecule has 1 aliphatic heterocycles. The lowest BCUT2D eigenvalue weighted by Gasteiger charge is -2.41. The number of nitrogens with zero attached hydrogens (tertiary/aromatic N) is 1. The Morgan fingerprint density at radius 3 is 2.33 bits per heavy atom. The van der Waals surface area contributed by atoms with Crippen LogP contribution in [0.2, 0.25) is 5.02 Å². The van der Waals surface area contributed by atoms with Crippen LogP contribution in [0.4, 0.5) is 0 Å². The van der Waals surface area contributed by atoms with E-state index in [0.29, 0.717) is 6.54 Å². The molecule has 3 rings (SSSR count). The molecular weight excluding hydrogens is 462 g/mol. The van der Waals surface area contributed by atoms with E-state index in [1.54, 1.807) is 0 Å². The van der Waals surface area contributed by atoms with Crippen LogP contribution in [0, 0.1) is 0 Å². The van der Waals surface area contributed by atoms with Gasteiger partial charge in [0.2, 0.25) is 0 Å². The summed E-state index contributed by atoms with van der Waals surface area (Å²) in [6.45, 7) is 9.27. The summed E-state index contributed by atoms with van der Waals surface area (Å²) in [4.78, 5) is 12.6. The summed E-state index contributed by atoms with van der Waals surface area (Å²) in [6.07, 6.45) is 4.49. The summed E-state index contributed by atoms with van der Waals surface area (Å²) in [5.41, 5.74) is 3.24. The fourth-order valence-electron chi connectivity index (χ4n) is 4.32. The van der Waals surface area contributed by atoms with Gasteiger partial charge in [-0.2, -0.15) is 0 Å². The summed E-state index contributed by atoms with van der Waals surface area (Å²) in [5.74, 6) is -0.0891. The Labute approximate surface area is 196 Å². The predicted octanol–water partition coefficient (Wildman–Crippen LogP) is 2.90. The second kappa shape index (κ2) is 10.8. The van der Waals surface area contributed by atoms with Gasteiger partial charge < -0.3 is 26.2 Å². The minimum Gasteiger partial charge on any atom is -1.00 e.